The lowest BCUT2D eigenvalue weighted by Gasteiger charge is -2.43. The SMILES string of the molecule is Cc1[nH]cnc1CN1CCN(C(=O)c2ncccc2O)[C@@H]2CS(=O)(=O)C[C@@H]21. The molecule has 10 heteroatoms. The lowest BCUT2D eigenvalue weighted by Crippen LogP contribution is -2.60. The Hall–Kier alpha value is -2.46. The number of piperazine rings is 1. The molecule has 2 fully saturated rings. The highest BCUT2D eigenvalue weighted by atomic mass is 32.2. The summed E-state index contributed by atoms with van der Waals surface area (Å²) in [6.07, 6.45) is 3.06. The number of carbonyl (C=O) groups is 1. The second-order valence-electron chi connectivity index (χ2n) is 7.03. The molecule has 2 aromatic rings. The van der Waals surface area contributed by atoms with Crippen LogP contribution in [0.4, 0.5) is 0 Å². The molecule has 0 radical (unpaired) electrons. The summed E-state index contributed by atoms with van der Waals surface area (Å²) < 4.78 is 24.7. The van der Waals surface area contributed by atoms with Crippen molar-refractivity contribution in [3.8, 4) is 5.75 Å². The number of sulfone groups is 1. The van der Waals surface area contributed by atoms with Crippen LogP contribution in [0, 0.1) is 6.92 Å². The largest absolute Gasteiger partial charge is 0.505 e. The number of nitrogens with one attached hydrogen (secondary N) is 1. The van der Waals surface area contributed by atoms with Gasteiger partial charge in [-0.2, -0.15) is 0 Å². The second-order valence-corrected chi connectivity index (χ2v) is 9.18. The number of carbonyl (C=O) groups excluding carboxylic acids is 1. The van der Waals surface area contributed by atoms with E-state index < -0.39 is 21.8 Å². The van der Waals surface area contributed by atoms with Gasteiger partial charge in [0.2, 0.25) is 0 Å². The molecule has 0 aromatic carbocycles. The van der Waals surface area contributed by atoms with Crippen molar-refractivity contribution in [2.45, 2.75) is 25.6 Å². The molecule has 27 heavy (non-hydrogen) atoms. The van der Waals surface area contributed by atoms with Gasteiger partial charge in [0.15, 0.2) is 15.5 Å². The summed E-state index contributed by atoms with van der Waals surface area (Å²) >= 11 is 0. The molecule has 2 N–H and O–H groups in total. The highest BCUT2D eigenvalue weighted by molar-refractivity contribution is 7.91. The fourth-order valence-corrected chi connectivity index (χ4v) is 5.92. The third kappa shape index (κ3) is 3.30. The highest BCUT2D eigenvalue weighted by Gasteiger charge is 2.48. The average Bonchev–Trinajstić information content (AvgIpc) is 3.17. The number of fused-ring (bicyclic) bond motifs is 1. The Morgan fingerprint density at radius 3 is 2.78 bits per heavy atom. The molecule has 4 heterocycles. The molecule has 2 aliphatic heterocycles. The van der Waals surface area contributed by atoms with Gasteiger partial charge in [0.25, 0.3) is 5.91 Å². The zero-order valence-electron chi connectivity index (χ0n) is 14.9. The van der Waals surface area contributed by atoms with E-state index in [1.165, 1.54) is 12.3 Å². The zero-order valence-corrected chi connectivity index (χ0v) is 15.7. The smallest absolute Gasteiger partial charge is 0.276 e. The number of H-pyrrole nitrogens is 1. The minimum atomic E-state index is -3.26. The van der Waals surface area contributed by atoms with Crippen LogP contribution in [0.1, 0.15) is 21.9 Å². The van der Waals surface area contributed by atoms with Crippen molar-refractivity contribution in [2.24, 2.45) is 0 Å². The third-order valence-electron chi connectivity index (χ3n) is 5.33. The number of aromatic nitrogens is 3. The van der Waals surface area contributed by atoms with E-state index in [1.807, 2.05) is 6.92 Å². The summed E-state index contributed by atoms with van der Waals surface area (Å²) in [5.41, 5.74) is 1.78. The lowest BCUT2D eigenvalue weighted by atomic mass is 10.0. The first-order valence-corrected chi connectivity index (χ1v) is 10.6. The molecule has 144 valence electrons. The van der Waals surface area contributed by atoms with Gasteiger partial charge in [0, 0.05) is 37.6 Å². The molecule has 9 nitrogen and oxygen atoms in total. The summed E-state index contributed by atoms with van der Waals surface area (Å²) in [6.45, 7) is 3.36. The predicted octanol–water partition coefficient (Wildman–Crippen LogP) is -0.0577. The number of aromatic hydroxyl groups is 1. The summed E-state index contributed by atoms with van der Waals surface area (Å²) in [6, 6.07) is 2.19. The van der Waals surface area contributed by atoms with Crippen LogP contribution in [-0.4, -0.2) is 80.9 Å². The molecular weight excluding hydrogens is 370 g/mol. The van der Waals surface area contributed by atoms with E-state index in [9.17, 15) is 18.3 Å². The molecule has 2 aliphatic rings. The molecule has 2 aromatic heterocycles. The number of imidazole rings is 1. The molecule has 0 aliphatic carbocycles. The van der Waals surface area contributed by atoms with Crippen molar-refractivity contribution in [1.29, 1.82) is 0 Å². The van der Waals surface area contributed by atoms with Crippen molar-refractivity contribution < 1.29 is 18.3 Å². The van der Waals surface area contributed by atoms with Gasteiger partial charge in [-0.05, 0) is 19.1 Å². The maximum atomic E-state index is 12.9. The number of amides is 1. The highest BCUT2D eigenvalue weighted by Crippen LogP contribution is 2.30. The van der Waals surface area contributed by atoms with Gasteiger partial charge in [0.05, 0.1) is 29.6 Å². The van der Waals surface area contributed by atoms with Crippen molar-refractivity contribution in [3.63, 3.8) is 0 Å². The number of pyridine rings is 1. The van der Waals surface area contributed by atoms with Crippen molar-refractivity contribution >= 4 is 15.7 Å². The minimum Gasteiger partial charge on any atom is -0.505 e. The minimum absolute atomic E-state index is 0.0130. The Morgan fingerprint density at radius 2 is 2.07 bits per heavy atom. The number of nitrogens with zero attached hydrogens (tertiary/aromatic N) is 4. The predicted molar refractivity (Wildman–Crippen MR) is 96.9 cm³/mol. The van der Waals surface area contributed by atoms with Crippen molar-refractivity contribution in [1.82, 2.24) is 24.8 Å². The van der Waals surface area contributed by atoms with E-state index in [4.69, 9.17) is 0 Å². The van der Waals surface area contributed by atoms with E-state index in [-0.39, 0.29) is 29.0 Å². The van der Waals surface area contributed by atoms with Gasteiger partial charge in [-0.3, -0.25) is 9.69 Å². The first kappa shape index (κ1) is 17.9. The van der Waals surface area contributed by atoms with Gasteiger partial charge in [-0.25, -0.2) is 18.4 Å². The van der Waals surface area contributed by atoms with Gasteiger partial charge in [-0.15, -0.1) is 0 Å². The molecule has 0 bridgehead atoms. The standard InChI is InChI=1S/C17H21N5O4S/c1-11-12(20-10-19-11)7-21-5-6-22(14-9-27(25,26)8-13(14)21)17(24)16-15(23)3-2-4-18-16/h2-4,10,13-14,23H,5-9H2,1H3,(H,19,20)/t13-,14+/m0/s1. The summed E-state index contributed by atoms with van der Waals surface area (Å²) in [7, 11) is -3.26. The maximum absolute atomic E-state index is 12.9. The Balaban J connectivity index is 1.61. The number of rotatable bonds is 3. The van der Waals surface area contributed by atoms with Crippen LogP contribution in [-0.2, 0) is 16.4 Å². The van der Waals surface area contributed by atoms with Gasteiger partial charge in [0.1, 0.15) is 5.75 Å². The lowest BCUT2D eigenvalue weighted by molar-refractivity contribution is 0.0295. The van der Waals surface area contributed by atoms with E-state index in [2.05, 4.69) is 19.9 Å². The zero-order chi connectivity index (χ0) is 19.2. The van der Waals surface area contributed by atoms with E-state index >= 15 is 0 Å². The van der Waals surface area contributed by atoms with E-state index in [1.54, 1.807) is 17.3 Å². The van der Waals surface area contributed by atoms with Crippen LogP contribution in [0.3, 0.4) is 0 Å². The molecule has 0 saturated carbocycles. The first-order valence-electron chi connectivity index (χ1n) is 8.74. The average molecular weight is 391 g/mol. The molecule has 1 amide bonds. The van der Waals surface area contributed by atoms with Gasteiger partial charge < -0.3 is 15.0 Å². The third-order valence-corrected chi connectivity index (χ3v) is 7.03. The Bertz CT molecular complexity index is 973. The van der Waals surface area contributed by atoms with Crippen LogP contribution in [0.5, 0.6) is 5.75 Å². The van der Waals surface area contributed by atoms with Crippen molar-refractivity contribution in [2.75, 3.05) is 24.6 Å². The van der Waals surface area contributed by atoms with Gasteiger partial charge in [-0.1, -0.05) is 0 Å². The fraction of sp³-hybridized carbons (Fsp3) is 0.471. The molecule has 0 spiro atoms. The van der Waals surface area contributed by atoms with Gasteiger partial charge >= 0.3 is 0 Å². The topological polar surface area (TPSA) is 119 Å². The Kier molecular flexibility index (Phi) is 4.39. The Morgan fingerprint density at radius 1 is 1.30 bits per heavy atom. The summed E-state index contributed by atoms with van der Waals surface area (Å²) in [5, 5.41) is 9.96. The first-order chi connectivity index (χ1) is 12.9. The second kappa shape index (κ2) is 6.61. The summed E-state index contributed by atoms with van der Waals surface area (Å²) in [4.78, 5) is 27.9. The number of hydrogen-bond acceptors (Lipinski definition) is 7. The quantitative estimate of drug-likeness (QED) is 0.752. The number of aromatic amines is 1. The Labute approximate surface area is 157 Å². The normalized spacial score (nSPS) is 24.7. The molecular formula is C17H21N5O4S. The van der Waals surface area contributed by atoms with E-state index in [0.29, 0.717) is 19.6 Å². The molecule has 2 atom stereocenters. The van der Waals surface area contributed by atoms with Crippen LogP contribution in [0.25, 0.3) is 0 Å². The number of hydrogen-bond donors (Lipinski definition) is 2. The molecule has 2 saturated heterocycles. The maximum Gasteiger partial charge on any atom is 0.276 e. The van der Waals surface area contributed by atoms with E-state index in [0.717, 1.165) is 11.4 Å². The van der Waals surface area contributed by atoms with Crippen LogP contribution in [0.2, 0.25) is 0 Å². The number of aryl methyl sites for hydroxylation is 1. The van der Waals surface area contributed by atoms with Crippen LogP contribution in [0.15, 0.2) is 24.7 Å². The monoisotopic (exact) mass is 391 g/mol. The molecule has 0 unspecified atom stereocenters. The van der Waals surface area contributed by atoms with Crippen LogP contribution >= 0.6 is 0 Å². The van der Waals surface area contributed by atoms with Crippen LogP contribution < -0.4 is 0 Å². The summed E-state index contributed by atoms with van der Waals surface area (Å²) in [5.74, 6) is -0.697. The fourth-order valence-electron chi connectivity index (χ4n) is 3.91. The molecule has 4 rings (SSSR count). The van der Waals surface area contributed by atoms with Crippen molar-refractivity contribution in [3.05, 3.63) is 41.7 Å².